The number of carbonyl (C=O) groups is 2. The fourth-order valence-corrected chi connectivity index (χ4v) is 1.81. The summed E-state index contributed by atoms with van der Waals surface area (Å²) in [5, 5.41) is 11.8. The number of hydrogen-bond donors (Lipinski definition) is 2. The summed E-state index contributed by atoms with van der Waals surface area (Å²) in [4.78, 5) is 26.9. The Kier molecular flexibility index (Phi) is 3.93. The van der Waals surface area contributed by atoms with Crippen molar-refractivity contribution in [3.63, 3.8) is 0 Å². The van der Waals surface area contributed by atoms with Gasteiger partial charge in [-0.1, -0.05) is 6.92 Å². The summed E-state index contributed by atoms with van der Waals surface area (Å²) >= 11 is 0. The Morgan fingerprint density at radius 3 is 2.80 bits per heavy atom. The van der Waals surface area contributed by atoms with Gasteiger partial charge in [-0.2, -0.15) is 0 Å². The molecule has 1 unspecified atom stereocenters. The van der Waals surface area contributed by atoms with Gasteiger partial charge >= 0.3 is 5.97 Å². The third kappa shape index (κ3) is 2.90. The molecule has 0 spiro atoms. The van der Waals surface area contributed by atoms with Crippen LogP contribution in [0.4, 0.5) is 4.39 Å². The topological polar surface area (TPSA) is 79.3 Å². The van der Waals surface area contributed by atoms with Crippen LogP contribution in [0.2, 0.25) is 0 Å². The zero-order valence-corrected chi connectivity index (χ0v) is 10.8. The number of carbonyl (C=O) groups excluding carboxylic acids is 1. The van der Waals surface area contributed by atoms with Crippen LogP contribution in [-0.2, 0) is 4.79 Å². The normalized spacial score (nSPS) is 12.1. The number of pyridine rings is 1. The monoisotopic (exact) mass is 276 g/mol. The van der Waals surface area contributed by atoms with Crippen LogP contribution in [0, 0.1) is 5.82 Å². The molecule has 0 aliphatic carbocycles. The van der Waals surface area contributed by atoms with Crippen molar-refractivity contribution in [1.29, 1.82) is 0 Å². The first-order valence-corrected chi connectivity index (χ1v) is 6.10. The van der Waals surface area contributed by atoms with Crippen molar-refractivity contribution in [2.24, 2.45) is 0 Å². The number of fused-ring (bicyclic) bond motifs is 1. The van der Waals surface area contributed by atoms with Crippen LogP contribution < -0.4 is 5.32 Å². The smallest absolute Gasteiger partial charge is 0.326 e. The molecule has 0 fully saturated rings. The van der Waals surface area contributed by atoms with E-state index in [1.54, 1.807) is 6.92 Å². The summed E-state index contributed by atoms with van der Waals surface area (Å²) in [7, 11) is 0. The molecule has 1 aromatic carbocycles. The number of nitrogens with zero attached hydrogens (tertiary/aromatic N) is 1. The number of benzene rings is 1. The van der Waals surface area contributed by atoms with Gasteiger partial charge in [0.15, 0.2) is 0 Å². The number of carboxylic acid groups (broad SMARTS) is 1. The van der Waals surface area contributed by atoms with Gasteiger partial charge < -0.3 is 10.4 Å². The minimum absolute atomic E-state index is 0.197. The SMILES string of the molecule is CCC(NC(=O)c1cnc2ccc(F)cc2c1)C(=O)O. The quantitative estimate of drug-likeness (QED) is 0.894. The molecule has 2 rings (SSSR count). The zero-order valence-electron chi connectivity index (χ0n) is 10.8. The average Bonchev–Trinajstić information content (AvgIpc) is 2.43. The molecule has 1 heterocycles. The first kappa shape index (κ1) is 13.9. The summed E-state index contributed by atoms with van der Waals surface area (Å²) in [6, 6.07) is 4.60. The van der Waals surface area contributed by atoms with Crippen LogP contribution in [0.25, 0.3) is 10.9 Å². The summed E-state index contributed by atoms with van der Waals surface area (Å²) in [5.41, 5.74) is 0.760. The fraction of sp³-hybridized carbons (Fsp3) is 0.214. The summed E-state index contributed by atoms with van der Waals surface area (Å²) < 4.78 is 13.1. The van der Waals surface area contributed by atoms with Crippen LogP contribution in [0.15, 0.2) is 30.5 Å². The van der Waals surface area contributed by atoms with Crippen molar-refractivity contribution in [2.75, 3.05) is 0 Å². The van der Waals surface area contributed by atoms with Crippen molar-refractivity contribution in [2.45, 2.75) is 19.4 Å². The molecule has 20 heavy (non-hydrogen) atoms. The zero-order chi connectivity index (χ0) is 14.7. The second-order valence-corrected chi connectivity index (χ2v) is 4.33. The standard InChI is InChI=1S/C14H13FN2O3/c1-2-11(14(19)20)17-13(18)9-5-8-6-10(15)3-4-12(8)16-7-9/h3-7,11H,2H2,1H3,(H,17,18)(H,19,20). The first-order valence-electron chi connectivity index (χ1n) is 6.10. The first-order chi connectivity index (χ1) is 9.51. The van der Waals surface area contributed by atoms with Gasteiger partial charge in [0.05, 0.1) is 11.1 Å². The van der Waals surface area contributed by atoms with Gasteiger partial charge in [0, 0.05) is 11.6 Å². The molecule has 0 saturated carbocycles. The Labute approximate surface area is 114 Å². The molecule has 0 aliphatic rings. The van der Waals surface area contributed by atoms with Gasteiger partial charge in [0.2, 0.25) is 0 Å². The van der Waals surface area contributed by atoms with Crippen LogP contribution in [0.5, 0.6) is 0 Å². The lowest BCUT2D eigenvalue weighted by molar-refractivity contribution is -0.139. The van der Waals surface area contributed by atoms with Crippen LogP contribution in [0.1, 0.15) is 23.7 Å². The largest absolute Gasteiger partial charge is 0.480 e. The molecule has 0 saturated heterocycles. The molecule has 0 aliphatic heterocycles. The third-order valence-electron chi connectivity index (χ3n) is 2.92. The summed E-state index contributed by atoms with van der Waals surface area (Å²) in [5.74, 6) is -2.06. The van der Waals surface area contributed by atoms with Gasteiger partial charge in [-0.15, -0.1) is 0 Å². The van der Waals surface area contributed by atoms with Crippen molar-refractivity contribution < 1.29 is 19.1 Å². The molecule has 1 amide bonds. The van der Waals surface area contributed by atoms with Crippen LogP contribution in [0.3, 0.4) is 0 Å². The molecule has 0 bridgehead atoms. The molecular weight excluding hydrogens is 263 g/mol. The molecule has 0 radical (unpaired) electrons. The Morgan fingerprint density at radius 1 is 1.40 bits per heavy atom. The lowest BCUT2D eigenvalue weighted by atomic mass is 10.1. The second-order valence-electron chi connectivity index (χ2n) is 4.33. The number of amides is 1. The maximum absolute atomic E-state index is 13.1. The highest BCUT2D eigenvalue weighted by Crippen LogP contribution is 2.15. The van der Waals surface area contributed by atoms with E-state index in [4.69, 9.17) is 5.11 Å². The molecule has 2 N–H and O–H groups in total. The number of halogens is 1. The highest BCUT2D eigenvalue weighted by atomic mass is 19.1. The molecule has 1 aromatic heterocycles. The van der Waals surface area contributed by atoms with Gasteiger partial charge in [-0.3, -0.25) is 9.78 Å². The number of rotatable bonds is 4. The predicted octanol–water partition coefficient (Wildman–Crippen LogP) is 1.97. The van der Waals surface area contributed by atoms with Crippen molar-refractivity contribution in [3.8, 4) is 0 Å². The summed E-state index contributed by atoms with van der Waals surface area (Å²) in [6.45, 7) is 1.66. The molecule has 1 atom stereocenters. The highest BCUT2D eigenvalue weighted by molar-refractivity contribution is 5.99. The molecule has 6 heteroatoms. The molecule has 2 aromatic rings. The Hall–Kier alpha value is -2.50. The van der Waals surface area contributed by atoms with E-state index in [9.17, 15) is 14.0 Å². The Balaban J connectivity index is 2.28. The van der Waals surface area contributed by atoms with Gasteiger partial charge in [-0.05, 0) is 30.7 Å². The van der Waals surface area contributed by atoms with Gasteiger partial charge in [0.1, 0.15) is 11.9 Å². The van der Waals surface area contributed by atoms with E-state index in [1.165, 1.54) is 30.5 Å². The molecule has 104 valence electrons. The van der Waals surface area contributed by atoms with Crippen molar-refractivity contribution in [1.82, 2.24) is 10.3 Å². The lowest BCUT2D eigenvalue weighted by Gasteiger charge is -2.12. The number of nitrogens with one attached hydrogen (secondary N) is 1. The summed E-state index contributed by atoms with van der Waals surface area (Å²) in [6.07, 6.45) is 1.61. The third-order valence-corrected chi connectivity index (χ3v) is 2.92. The van der Waals surface area contributed by atoms with E-state index < -0.39 is 23.7 Å². The van der Waals surface area contributed by atoms with E-state index in [2.05, 4.69) is 10.3 Å². The van der Waals surface area contributed by atoms with Crippen LogP contribution in [-0.4, -0.2) is 28.0 Å². The maximum atomic E-state index is 13.1. The van der Waals surface area contributed by atoms with E-state index in [-0.39, 0.29) is 12.0 Å². The number of aromatic nitrogens is 1. The minimum Gasteiger partial charge on any atom is -0.480 e. The number of carboxylic acids is 1. The fourth-order valence-electron chi connectivity index (χ4n) is 1.81. The van der Waals surface area contributed by atoms with Gasteiger partial charge in [-0.25, -0.2) is 9.18 Å². The van der Waals surface area contributed by atoms with Crippen LogP contribution >= 0.6 is 0 Å². The van der Waals surface area contributed by atoms with E-state index in [1.807, 2.05) is 0 Å². The maximum Gasteiger partial charge on any atom is 0.326 e. The van der Waals surface area contributed by atoms with Gasteiger partial charge in [0.25, 0.3) is 5.91 Å². The van der Waals surface area contributed by atoms with E-state index in [0.29, 0.717) is 10.9 Å². The average molecular weight is 276 g/mol. The Morgan fingerprint density at radius 2 is 2.15 bits per heavy atom. The molecular formula is C14H13FN2O3. The second kappa shape index (κ2) is 5.64. The minimum atomic E-state index is -1.10. The Bertz CT molecular complexity index is 673. The van der Waals surface area contributed by atoms with E-state index in [0.717, 1.165) is 0 Å². The highest BCUT2D eigenvalue weighted by Gasteiger charge is 2.18. The van der Waals surface area contributed by atoms with Crippen molar-refractivity contribution >= 4 is 22.8 Å². The predicted molar refractivity (Wildman–Crippen MR) is 70.9 cm³/mol. The van der Waals surface area contributed by atoms with Crippen molar-refractivity contribution in [3.05, 3.63) is 41.8 Å². The lowest BCUT2D eigenvalue weighted by Crippen LogP contribution is -2.40. The molecule has 5 nitrogen and oxygen atoms in total. The number of aliphatic carboxylic acids is 1. The number of hydrogen-bond acceptors (Lipinski definition) is 3. The van der Waals surface area contributed by atoms with E-state index >= 15 is 0 Å².